The second kappa shape index (κ2) is 7.73. The van der Waals surface area contributed by atoms with Gasteiger partial charge in [0.25, 0.3) is 0 Å². The summed E-state index contributed by atoms with van der Waals surface area (Å²) in [4.78, 5) is 11.0. The molecule has 5 heteroatoms. The first-order valence-corrected chi connectivity index (χ1v) is 14.2. The third-order valence-electron chi connectivity index (χ3n) is 5.40. The van der Waals surface area contributed by atoms with E-state index in [2.05, 4.69) is 67.7 Å². The summed E-state index contributed by atoms with van der Waals surface area (Å²) in [6.07, 6.45) is 1.51. The molecule has 0 rings (SSSR count). The van der Waals surface area contributed by atoms with Crippen LogP contribution in [0.5, 0.6) is 0 Å². The molecule has 0 aromatic carbocycles. The first-order valence-electron chi connectivity index (χ1n) is 8.35. The SMILES string of the molecule is CC(C)(C)[Si](C)(C)OCC(CC=O)CO[Si](C)(C)C(C)(C)C. The number of carbonyl (C=O) groups excluding carboxylic acids is 1. The molecule has 0 unspecified atom stereocenters. The minimum Gasteiger partial charge on any atom is -0.416 e. The Hall–Kier alpha value is 0.0238. The summed E-state index contributed by atoms with van der Waals surface area (Å²) in [7, 11) is -3.54. The maximum atomic E-state index is 11.0. The summed E-state index contributed by atoms with van der Waals surface area (Å²) in [6, 6.07) is 0. The molecule has 0 N–H and O–H groups in total. The lowest BCUT2D eigenvalue weighted by atomic mass is 10.1. The van der Waals surface area contributed by atoms with Gasteiger partial charge in [-0.2, -0.15) is 0 Å². The minimum absolute atomic E-state index is 0.167. The largest absolute Gasteiger partial charge is 0.416 e. The molecule has 22 heavy (non-hydrogen) atoms. The predicted molar refractivity (Wildman–Crippen MR) is 100 cm³/mol. The van der Waals surface area contributed by atoms with E-state index in [9.17, 15) is 4.79 Å². The third kappa shape index (κ3) is 6.64. The van der Waals surface area contributed by atoms with Gasteiger partial charge in [0, 0.05) is 25.6 Å². The summed E-state index contributed by atoms with van der Waals surface area (Å²) < 4.78 is 12.5. The van der Waals surface area contributed by atoms with Crippen molar-refractivity contribution < 1.29 is 13.6 Å². The zero-order valence-electron chi connectivity index (χ0n) is 16.5. The Labute approximate surface area is 140 Å². The summed E-state index contributed by atoms with van der Waals surface area (Å²) in [6.45, 7) is 23.7. The molecule has 0 fully saturated rings. The second-order valence-electron chi connectivity index (χ2n) is 9.41. The third-order valence-corrected chi connectivity index (χ3v) is 14.4. The van der Waals surface area contributed by atoms with Crippen LogP contribution in [0, 0.1) is 5.92 Å². The minimum atomic E-state index is -1.77. The van der Waals surface area contributed by atoms with Crippen LogP contribution in [0.3, 0.4) is 0 Å². The lowest BCUT2D eigenvalue weighted by Crippen LogP contribution is -2.44. The summed E-state index contributed by atoms with van der Waals surface area (Å²) >= 11 is 0. The van der Waals surface area contributed by atoms with Crippen LogP contribution in [0.2, 0.25) is 36.3 Å². The molecule has 0 amide bonds. The molecular formula is C17H38O3Si2. The van der Waals surface area contributed by atoms with Gasteiger partial charge in [-0.25, -0.2) is 0 Å². The fourth-order valence-corrected chi connectivity index (χ4v) is 3.58. The van der Waals surface area contributed by atoms with Crippen molar-refractivity contribution in [3.8, 4) is 0 Å². The van der Waals surface area contributed by atoms with Crippen LogP contribution < -0.4 is 0 Å². The highest BCUT2D eigenvalue weighted by atomic mass is 28.4. The van der Waals surface area contributed by atoms with E-state index >= 15 is 0 Å². The molecule has 0 radical (unpaired) electrons. The van der Waals surface area contributed by atoms with Crippen molar-refractivity contribution >= 4 is 22.9 Å². The highest BCUT2D eigenvalue weighted by molar-refractivity contribution is 6.74. The normalized spacial score (nSPS) is 14.5. The van der Waals surface area contributed by atoms with Gasteiger partial charge in [0.15, 0.2) is 16.6 Å². The average Bonchev–Trinajstić information content (AvgIpc) is 2.30. The van der Waals surface area contributed by atoms with Crippen LogP contribution in [-0.4, -0.2) is 36.1 Å². The molecule has 0 heterocycles. The van der Waals surface area contributed by atoms with E-state index in [1.165, 1.54) is 0 Å². The van der Waals surface area contributed by atoms with Gasteiger partial charge in [-0.3, -0.25) is 0 Å². The van der Waals surface area contributed by atoms with Crippen LogP contribution >= 0.6 is 0 Å². The van der Waals surface area contributed by atoms with Crippen LogP contribution in [0.4, 0.5) is 0 Å². The zero-order chi connectivity index (χ0) is 17.8. The molecule has 3 nitrogen and oxygen atoms in total. The van der Waals surface area contributed by atoms with Gasteiger partial charge in [-0.1, -0.05) is 41.5 Å². The van der Waals surface area contributed by atoms with Crippen molar-refractivity contribution in [2.45, 2.75) is 84.2 Å². The lowest BCUT2D eigenvalue weighted by Gasteiger charge is -2.39. The van der Waals surface area contributed by atoms with Crippen molar-refractivity contribution in [1.29, 1.82) is 0 Å². The van der Waals surface area contributed by atoms with E-state index < -0.39 is 16.6 Å². The highest BCUT2D eigenvalue weighted by Crippen LogP contribution is 2.38. The average molecular weight is 347 g/mol. The van der Waals surface area contributed by atoms with Crippen LogP contribution in [-0.2, 0) is 13.6 Å². The van der Waals surface area contributed by atoms with Gasteiger partial charge in [0.1, 0.15) is 6.29 Å². The number of hydrogen-bond acceptors (Lipinski definition) is 3. The second-order valence-corrected chi connectivity index (χ2v) is 19.0. The quantitative estimate of drug-likeness (QED) is 0.445. The lowest BCUT2D eigenvalue weighted by molar-refractivity contribution is -0.109. The fourth-order valence-electron chi connectivity index (χ4n) is 1.41. The van der Waals surface area contributed by atoms with Gasteiger partial charge in [-0.05, 0) is 36.3 Å². The van der Waals surface area contributed by atoms with E-state index in [1.807, 2.05) is 0 Å². The fraction of sp³-hybridized carbons (Fsp3) is 0.941. The van der Waals surface area contributed by atoms with Gasteiger partial charge < -0.3 is 13.6 Å². The maximum Gasteiger partial charge on any atom is 0.191 e. The van der Waals surface area contributed by atoms with Crippen molar-refractivity contribution in [3.63, 3.8) is 0 Å². The Morgan fingerprint density at radius 2 is 1.14 bits per heavy atom. The standard InChI is InChI=1S/C17H38O3Si2/c1-16(2,3)21(7,8)19-13-15(11-12-18)14-20-22(9,10)17(4,5)6/h12,15H,11,13-14H2,1-10H3. The van der Waals surface area contributed by atoms with Gasteiger partial charge >= 0.3 is 0 Å². The molecule has 132 valence electrons. The monoisotopic (exact) mass is 346 g/mol. The van der Waals surface area contributed by atoms with E-state index in [-0.39, 0.29) is 16.0 Å². The molecule has 0 saturated carbocycles. The van der Waals surface area contributed by atoms with E-state index in [0.717, 1.165) is 6.29 Å². The molecule has 0 aliphatic carbocycles. The predicted octanol–water partition coefficient (Wildman–Crippen LogP) is 5.24. The molecule has 0 aromatic rings. The first kappa shape index (κ1) is 22.0. The van der Waals surface area contributed by atoms with E-state index in [0.29, 0.717) is 19.6 Å². The smallest absolute Gasteiger partial charge is 0.191 e. The van der Waals surface area contributed by atoms with Crippen LogP contribution in [0.25, 0.3) is 0 Å². The molecule has 0 saturated heterocycles. The van der Waals surface area contributed by atoms with E-state index in [1.54, 1.807) is 0 Å². The number of carbonyl (C=O) groups is 1. The highest BCUT2D eigenvalue weighted by Gasteiger charge is 2.39. The summed E-state index contributed by atoms with van der Waals surface area (Å²) in [5, 5.41) is 0.387. The van der Waals surface area contributed by atoms with Crippen molar-refractivity contribution in [3.05, 3.63) is 0 Å². The van der Waals surface area contributed by atoms with Crippen molar-refractivity contribution in [2.75, 3.05) is 13.2 Å². The first-order chi connectivity index (χ1) is 9.64. The Morgan fingerprint density at radius 1 is 0.818 bits per heavy atom. The molecule has 0 bridgehead atoms. The van der Waals surface area contributed by atoms with Gasteiger partial charge in [0.2, 0.25) is 0 Å². The molecule has 0 spiro atoms. The molecule has 0 aliphatic heterocycles. The van der Waals surface area contributed by atoms with Gasteiger partial charge in [0.05, 0.1) is 0 Å². The topological polar surface area (TPSA) is 35.5 Å². The van der Waals surface area contributed by atoms with Crippen LogP contribution in [0.1, 0.15) is 48.0 Å². The van der Waals surface area contributed by atoms with Crippen LogP contribution in [0.15, 0.2) is 0 Å². The molecule has 0 aromatic heterocycles. The Kier molecular flexibility index (Phi) is 7.74. The molecule has 0 aliphatic rings. The Bertz CT molecular complexity index is 322. The van der Waals surface area contributed by atoms with Crippen molar-refractivity contribution in [1.82, 2.24) is 0 Å². The molecule has 0 atom stereocenters. The van der Waals surface area contributed by atoms with E-state index in [4.69, 9.17) is 8.85 Å². The zero-order valence-corrected chi connectivity index (χ0v) is 18.5. The summed E-state index contributed by atoms with van der Waals surface area (Å²) in [5.74, 6) is 0.167. The van der Waals surface area contributed by atoms with Gasteiger partial charge in [-0.15, -0.1) is 0 Å². The number of aldehydes is 1. The van der Waals surface area contributed by atoms with Crippen molar-refractivity contribution in [2.24, 2.45) is 5.92 Å². The number of rotatable bonds is 8. The maximum absolute atomic E-state index is 11.0. The molecular weight excluding hydrogens is 308 g/mol. The Morgan fingerprint density at radius 3 is 1.36 bits per heavy atom. The number of hydrogen-bond donors (Lipinski definition) is 0. The summed E-state index contributed by atoms with van der Waals surface area (Å²) in [5.41, 5.74) is 0. The Balaban J connectivity index is 4.67.